The summed E-state index contributed by atoms with van der Waals surface area (Å²) in [4.78, 5) is 32.1. The summed E-state index contributed by atoms with van der Waals surface area (Å²) >= 11 is 1.80. The van der Waals surface area contributed by atoms with Crippen LogP contribution in [0.5, 0.6) is 0 Å². The molecule has 2 amide bonds. The molecule has 1 aliphatic heterocycles. The molecule has 1 saturated heterocycles. The molecule has 1 aliphatic rings. The minimum atomic E-state index is -0.0479. The van der Waals surface area contributed by atoms with E-state index in [4.69, 9.17) is 4.98 Å². The molecule has 156 valence electrons. The number of hydrogen-bond donors (Lipinski definition) is 2. The van der Waals surface area contributed by atoms with Crippen LogP contribution in [0.4, 0.5) is 5.69 Å². The highest BCUT2D eigenvalue weighted by Gasteiger charge is 2.27. The van der Waals surface area contributed by atoms with Crippen molar-refractivity contribution < 1.29 is 14.5 Å². The number of nitrogens with one attached hydrogen (secondary N) is 2. The van der Waals surface area contributed by atoms with E-state index < -0.39 is 0 Å². The molecule has 0 bridgehead atoms. The SMILES string of the molecule is CN(C)C(=O)c1ccc(NC(=O)C[NH+]2CCC(c3nc4ccccc4s3)CC2)cc1. The molecule has 2 heterocycles. The third-order valence-electron chi connectivity index (χ3n) is 5.58. The van der Waals surface area contributed by atoms with E-state index in [-0.39, 0.29) is 11.8 Å². The fourth-order valence-corrected chi connectivity index (χ4v) is 5.04. The van der Waals surface area contributed by atoms with Gasteiger partial charge in [0.25, 0.3) is 11.8 Å². The van der Waals surface area contributed by atoms with Gasteiger partial charge in [-0.2, -0.15) is 0 Å². The molecule has 0 unspecified atom stereocenters. The third kappa shape index (κ3) is 4.68. The predicted molar refractivity (Wildman–Crippen MR) is 120 cm³/mol. The van der Waals surface area contributed by atoms with Crippen LogP contribution >= 0.6 is 11.3 Å². The number of carbonyl (C=O) groups is 2. The highest BCUT2D eigenvalue weighted by Crippen LogP contribution is 2.31. The number of benzene rings is 2. The summed E-state index contributed by atoms with van der Waals surface area (Å²) < 4.78 is 1.25. The summed E-state index contributed by atoms with van der Waals surface area (Å²) in [5, 5.41) is 4.18. The average Bonchev–Trinajstić information content (AvgIpc) is 3.18. The average molecular weight is 424 g/mol. The van der Waals surface area contributed by atoms with Crippen LogP contribution in [0.15, 0.2) is 48.5 Å². The molecule has 7 heteroatoms. The van der Waals surface area contributed by atoms with Gasteiger partial charge in [-0.05, 0) is 36.4 Å². The number of rotatable bonds is 5. The maximum absolute atomic E-state index is 12.5. The summed E-state index contributed by atoms with van der Waals surface area (Å²) in [5.41, 5.74) is 2.42. The Morgan fingerprint density at radius 1 is 1.10 bits per heavy atom. The van der Waals surface area contributed by atoms with E-state index >= 15 is 0 Å². The Bertz CT molecular complexity index is 1000. The Labute approximate surface area is 180 Å². The molecular formula is C23H27N4O2S+. The molecule has 0 spiro atoms. The van der Waals surface area contributed by atoms with Crippen LogP contribution in [0.2, 0.25) is 0 Å². The standard InChI is InChI=1S/C23H26N4O2S/c1-26(2)23(29)17-7-9-18(10-8-17)24-21(28)15-27-13-11-16(12-14-27)22-25-19-5-3-4-6-20(19)30-22/h3-10,16H,11-15H2,1-2H3,(H,24,28)/p+1. The van der Waals surface area contributed by atoms with Gasteiger partial charge in [0.15, 0.2) is 6.54 Å². The summed E-state index contributed by atoms with van der Waals surface area (Å²) in [6.45, 7) is 2.42. The second-order valence-corrected chi connectivity index (χ2v) is 9.11. The second-order valence-electron chi connectivity index (χ2n) is 8.05. The lowest BCUT2D eigenvalue weighted by Crippen LogP contribution is -3.14. The maximum Gasteiger partial charge on any atom is 0.279 e. The van der Waals surface area contributed by atoms with Gasteiger partial charge in [-0.3, -0.25) is 9.59 Å². The van der Waals surface area contributed by atoms with E-state index in [1.54, 1.807) is 49.7 Å². The van der Waals surface area contributed by atoms with Gasteiger partial charge in [0.05, 0.1) is 28.3 Å². The van der Waals surface area contributed by atoms with Crippen LogP contribution in [0.3, 0.4) is 0 Å². The maximum atomic E-state index is 12.5. The Balaban J connectivity index is 1.27. The zero-order valence-electron chi connectivity index (χ0n) is 17.4. The number of likely N-dealkylation sites (tertiary alicyclic amines) is 1. The normalized spacial score (nSPS) is 18.9. The van der Waals surface area contributed by atoms with Crippen molar-refractivity contribution >= 4 is 39.1 Å². The first kappa shape index (κ1) is 20.5. The molecule has 2 aromatic carbocycles. The van der Waals surface area contributed by atoms with Crippen molar-refractivity contribution in [2.75, 3.05) is 39.0 Å². The lowest BCUT2D eigenvalue weighted by atomic mass is 9.97. The topological polar surface area (TPSA) is 66.7 Å². The summed E-state index contributed by atoms with van der Waals surface area (Å²) in [6.07, 6.45) is 2.12. The zero-order valence-corrected chi connectivity index (χ0v) is 18.2. The molecule has 0 aliphatic carbocycles. The summed E-state index contributed by atoms with van der Waals surface area (Å²) in [7, 11) is 3.45. The van der Waals surface area contributed by atoms with Gasteiger partial charge in [0.1, 0.15) is 0 Å². The fraction of sp³-hybridized carbons (Fsp3) is 0.348. The first-order valence-electron chi connectivity index (χ1n) is 10.3. The number of hydrogen-bond acceptors (Lipinski definition) is 4. The van der Waals surface area contributed by atoms with Gasteiger partial charge in [-0.15, -0.1) is 11.3 Å². The van der Waals surface area contributed by atoms with E-state index in [9.17, 15) is 9.59 Å². The van der Waals surface area contributed by atoms with Crippen LogP contribution in [0, 0.1) is 0 Å². The van der Waals surface area contributed by atoms with E-state index in [1.807, 2.05) is 6.07 Å². The molecule has 4 rings (SSSR count). The van der Waals surface area contributed by atoms with Crippen LogP contribution in [-0.4, -0.2) is 55.4 Å². The Morgan fingerprint density at radius 2 is 1.80 bits per heavy atom. The molecule has 3 aromatic rings. The number of carbonyl (C=O) groups excluding carboxylic acids is 2. The van der Waals surface area contributed by atoms with Crippen LogP contribution in [0.1, 0.15) is 34.1 Å². The number of piperidine rings is 1. The summed E-state index contributed by atoms with van der Waals surface area (Å²) in [6, 6.07) is 15.3. The smallest absolute Gasteiger partial charge is 0.279 e. The van der Waals surface area contributed by atoms with Crippen molar-refractivity contribution in [3.63, 3.8) is 0 Å². The van der Waals surface area contributed by atoms with Crippen LogP contribution in [0.25, 0.3) is 10.2 Å². The van der Waals surface area contributed by atoms with Gasteiger partial charge in [-0.1, -0.05) is 12.1 Å². The lowest BCUT2D eigenvalue weighted by Gasteiger charge is -2.27. The first-order valence-corrected chi connectivity index (χ1v) is 11.1. The third-order valence-corrected chi connectivity index (χ3v) is 6.78. The number of aromatic nitrogens is 1. The highest BCUT2D eigenvalue weighted by atomic mass is 32.1. The number of amides is 2. The number of anilines is 1. The molecule has 0 radical (unpaired) electrons. The van der Waals surface area contributed by atoms with Crippen molar-refractivity contribution in [1.29, 1.82) is 0 Å². The van der Waals surface area contributed by atoms with E-state index in [0.29, 0.717) is 18.0 Å². The number of fused-ring (bicyclic) bond motifs is 1. The Morgan fingerprint density at radius 3 is 2.47 bits per heavy atom. The van der Waals surface area contributed by atoms with E-state index in [2.05, 4.69) is 23.5 Å². The first-order chi connectivity index (χ1) is 14.5. The van der Waals surface area contributed by atoms with E-state index in [1.165, 1.54) is 19.5 Å². The van der Waals surface area contributed by atoms with Crippen molar-refractivity contribution in [3.05, 3.63) is 59.1 Å². The Hall–Kier alpha value is -2.77. The fourth-order valence-electron chi connectivity index (χ4n) is 3.90. The van der Waals surface area contributed by atoms with Gasteiger partial charge < -0.3 is 15.1 Å². The summed E-state index contributed by atoms with van der Waals surface area (Å²) in [5.74, 6) is 0.458. The van der Waals surface area contributed by atoms with Crippen molar-refractivity contribution in [2.24, 2.45) is 0 Å². The lowest BCUT2D eigenvalue weighted by molar-refractivity contribution is -0.897. The van der Waals surface area contributed by atoms with Crippen LogP contribution in [-0.2, 0) is 4.79 Å². The molecule has 30 heavy (non-hydrogen) atoms. The molecular weight excluding hydrogens is 396 g/mol. The van der Waals surface area contributed by atoms with E-state index in [0.717, 1.165) is 37.1 Å². The Kier molecular flexibility index (Phi) is 6.11. The number of nitrogens with zero attached hydrogens (tertiary/aromatic N) is 2. The van der Waals surface area contributed by atoms with Gasteiger partial charge >= 0.3 is 0 Å². The van der Waals surface area contributed by atoms with Gasteiger partial charge in [0.2, 0.25) is 0 Å². The second kappa shape index (κ2) is 8.93. The molecule has 2 N–H and O–H groups in total. The van der Waals surface area contributed by atoms with Gasteiger partial charge in [0, 0.05) is 44.1 Å². The van der Waals surface area contributed by atoms with Gasteiger partial charge in [-0.25, -0.2) is 4.98 Å². The molecule has 0 saturated carbocycles. The largest absolute Gasteiger partial charge is 0.345 e. The highest BCUT2D eigenvalue weighted by molar-refractivity contribution is 7.18. The minimum absolute atomic E-state index is 0.00937. The monoisotopic (exact) mass is 423 g/mol. The number of thiazole rings is 1. The van der Waals surface area contributed by atoms with Crippen molar-refractivity contribution in [1.82, 2.24) is 9.88 Å². The van der Waals surface area contributed by atoms with Crippen molar-refractivity contribution in [3.8, 4) is 0 Å². The van der Waals surface area contributed by atoms with Crippen LogP contribution < -0.4 is 10.2 Å². The number of para-hydroxylation sites is 1. The molecule has 6 nitrogen and oxygen atoms in total. The molecule has 0 atom stereocenters. The molecule has 1 aromatic heterocycles. The molecule has 1 fully saturated rings. The number of quaternary nitrogens is 1. The predicted octanol–water partition coefficient (Wildman–Crippen LogP) is 2.40. The van der Waals surface area contributed by atoms with Crippen molar-refractivity contribution in [2.45, 2.75) is 18.8 Å². The minimum Gasteiger partial charge on any atom is -0.345 e. The zero-order chi connectivity index (χ0) is 21.1. The quantitative estimate of drug-likeness (QED) is 0.662.